The highest BCUT2D eigenvalue weighted by atomic mass is 16.5. The topological polar surface area (TPSA) is 29.5 Å². The quantitative estimate of drug-likeness (QED) is 0.790. The molecular weight excluding hydrogens is 176 g/mol. The third-order valence-electron chi connectivity index (χ3n) is 2.94. The van der Waals surface area contributed by atoms with Crippen LogP contribution in [0.5, 0.6) is 0 Å². The largest absolute Gasteiger partial charge is 0.396 e. The Kier molecular flexibility index (Phi) is 2.85. The van der Waals surface area contributed by atoms with E-state index in [1.165, 1.54) is 11.1 Å². The summed E-state index contributed by atoms with van der Waals surface area (Å²) in [4.78, 5) is 0. The van der Waals surface area contributed by atoms with Crippen LogP contribution in [0.3, 0.4) is 0 Å². The maximum atomic E-state index is 9.33. The van der Waals surface area contributed by atoms with Crippen molar-refractivity contribution in [1.82, 2.24) is 0 Å². The molecule has 0 saturated carbocycles. The summed E-state index contributed by atoms with van der Waals surface area (Å²) in [5.74, 6) is 0.757. The number of hydrogen-bond acceptors (Lipinski definition) is 2. The van der Waals surface area contributed by atoms with E-state index in [1.54, 1.807) is 0 Å². The van der Waals surface area contributed by atoms with E-state index in [2.05, 4.69) is 31.2 Å². The molecule has 1 atom stereocenters. The lowest BCUT2D eigenvalue weighted by atomic mass is 9.85. The number of ether oxygens (including phenoxy) is 1. The summed E-state index contributed by atoms with van der Waals surface area (Å²) in [6, 6.07) is 8.40. The first-order valence-corrected chi connectivity index (χ1v) is 5.06. The first-order valence-electron chi connectivity index (χ1n) is 5.06. The van der Waals surface area contributed by atoms with Gasteiger partial charge < -0.3 is 9.84 Å². The van der Waals surface area contributed by atoms with Crippen molar-refractivity contribution in [3.63, 3.8) is 0 Å². The summed E-state index contributed by atoms with van der Waals surface area (Å²) in [5.41, 5.74) is 2.49. The molecule has 1 aliphatic rings. The molecule has 0 spiro atoms. The van der Waals surface area contributed by atoms with Gasteiger partial charge in [-0.05, 0) is 12.5 Å². The summed E-state index contributed by atoms with van der Waals surface area (Å²) in [6.07, 6.45) is 0. The molecule has 0 aromatic heterocycles. The number of aliphatic hydroxyl groups is 1. The number of aliphatic hydroxyl groups excluding tert-OH is 1. The van der Waals surface area contributed by atoms with Gasteiger partial charge in [0, 0.05) is 11.8 Å². The van der Waals surface area contributed by atoms with E-state index in [0.29, 0.717) is 5.92 Å². The lowest BCUT2D eigenvalue weighted by molar-refractivity contribution is -0.0527. The second-order valence-electron chi connectivity index (χ2n) is 4.00. The van der Waals surface area contributed by atoms with Gasteiger partial charge >= 0.3 is 0 Å². The number of rotatable bonds is 3. The first kappa shape index (κ1) is 9.69. The molecular formula is C12H16O2. The average Bonchev–Trinajstić information content (AvgIpc) is 2.13. The second kappa shape index (κ2) is 4.11. The van der Waals surface area contributed by atoms with Crippen molar-refractivity contribution < 1.29 is 9.84 Å². The van der Waals surface area contributed by atoms with Crippen molar-refractivity contribution >= 4 is 0 Å². The SMILES string of the molecule is Cc1ccc(C(CO)C2COC2)cc1. The van der Waals surface area contributed by atoms with Gasteiger partial charge in [0.25, 0.3) is 0 Å². The van der Waals surface area contributed by atoms with Crippen molar-refractivity contribution in [2.24, 2.45) is 5.92 Å². The maximum Gasteiger partial charge on any atom is 0.0523 e. The predicted molar refractivity (Wildman–Crippen MR) is 55.3 cm³/mol. The van der Waals surface area contributed by atoms with E-state index < -0.39 is 0 Å². The number of benzene rings is 1. The van der Waals surface area contributed by atoms with Gasteiger partial charge in [0.05, 0.1) is 19.8 Å². The van der Waals surface area contributed by atoms with Gasteiger partial charge in [-0.15, -0.1) is 0 Å². The zero-order valence-corrected chi connectivity index (χ0v) is 8.44. The van der Waals surface area contributed by atoms with Crippen molar-refractivity contribution in [3.05, 3.63) is 35.4 Å². The highest BCUT2D eigenvalue weighted by molar-refractivity contribution is 5.25. The average molecular weight is 192 g/mol. The van der Waals surface area contributed by atoms with Gasteiger partial charge in [0.2, 0.25) is 0 Å². The maximum absolute atomic E-state index is 9.33. The Morgan fingerprint density at radius 3 is 2.43 bits per heavy atom. The zero-order valence-electron chi connectivity index (χ0n) is 8.44. The third kappa shape index (κ3) is 1.81. The lowest BCUT2D eigenvalue weighted by Crippen LogP contribution is -2.34. The number of hydrogen-bond donors (Lipinski definition) is 1. The molecule has 1 unspecified atom stereocenters. The molecule has 0 amide bonds. The molecule has 0 bridgehead atoms. The Balaban J connectivity index is 2.14. The Morgan fingerprint density at radius 2 is 2.00 bits per heavy atom. The van der Waals surface area contributed by atoms with Crippen LogP contribution in [0.1, 0.15) is 17.0 Å². The lowest BCUT2D eigenvalue weighted by Gasteiger charge is -2.33. The van der Waals surface area contributed by atoms with Crippen LogP contribution in [-0.4, -0.2) is 24.9 Å². The predicted octanol–water partition coefficient (Wildman–Crippen LogP) is 1.72. The molecule has 1 aromatic carbocycles. The molecule has 1 aromatic rings. The van der Waals surface area contributed by atoms with Crippen LogP contribution >= 0.6 is 0 Å². The van der Waals surface area contributed by atoms with Crippen LogP contribution in [0.2, 0.25) is 0 Å². The van der Waals surface area contributed by atoms with Gasteiger partial charge in [-0.1, -0.05) is 29.8 Å². The molecule has 1 N–H and O–H groups in total. The van der Waals surface area contributed by atoms with Crippen molar-refractivity contribution in [2.75, 3.05) is 19.8 Å². The Morgan fingerprint density at radius 1 is 1.36 bits per heavy atom. The fourth-order valence-electron chi connectivity index (χ4n) is 1.83. The standard InChI is InChI=1S/C12H16O2/c1-9-2-4-10(5-3-9)12(6-13)11-7-14-8-11/h2-5,11-13H,6-8H2,1H3. The smallest absolute Gasteiger partial charge is 0.0523 e. The second-order valence-corrected chi connectivity index (χ2v) is 4.00. The van der Waals surface area contributed by atoms with Gasteiger partial charge in [0.15, 0.2) is 0 Å². The molecule has 1 aliphatic heterocycles. The minimum absolute atomic E-state index is 0.219. The molecule has 2 nitrogen and oxygen atoms in total. The monoisotopic (exact) mass is 192 g/mol. The fourth-order valence-corrected chi connectivity index (χ4v) is 1.83. The van der Waals surface area contributed by atoms with Crippen LogP contribution in [0, 0.1) is 12.8 Å². The zero-order chi connectivity index (χ0) is 9.97. The normalized spacial score (nSPS) is 19.0. The van der Waals surface area contributed by atoms with E-state index in [1.807, 2.05) is 0 Å². The summed E-state index contributed by atoms with van der Waals surface area (Å²) in [5, 5.41) is 9.33. The number of aryl methyl sites for hydroxylation is 1. The molecule has 2 heteroatoms. The third-order valence-corrected chi connectivity index (χ3v) is 2.94. The van der Waals surface area contributed by atoms with Crippen molar-refractivity contribution in [1.29, 1.82) is 0 Å². The van der Waals surface area contributed by atoms with E-state index in [9.17, 15) is 5.11 Å². The fraction of sp³-hybridized carbons (Fsp3) is 0.500. The molecule has 1 heterocycles. The first-order chi connectivity index (χ1) is 6.81. The minimum atomic E-state index is 0.219. The summed E-state index contributed by atoms with van der Waals surface area (Å²) >= 11 is 0. The Bertz CT molecular complexity index is 288. The van der Waals surface area contributed by atoms with Crippen LogP contribution in [-0.2, 0) is 4.74 Å². The molecule has 0 radical (unpaired) electrons. The van der Waals surface area contributed by atoms with E-state index >= 15 is 0 Å². The van der Waals surface area contributed by atoms with Crippen LogP contribution in [0.25, 0.3) is 0 Å². The molecule has 1 fully saturated rings. The van der Waals surface area contributed by atoms with Gasteiger partial charge in [-0.25, -0.2) is 0 Å². The summed E-state index contributed by atoms with van der Waals surface area (Å²) in [6.45, 7) is 3.87. The highest BCUT2D eigenvalue weighted by Gasteiger charge is 2.28. The summed E-state index contributed by atoms with van der Waals surface area (Å²) in [7, 11) is 0. The molecule has 2 rings (SSSR count). The van der Waals surface area contributed by atoms with Gasteiger partial charge in [-0.2, -0.15) is 0 Å². The van der Waals surface area contributed by atoms with Gasteiger partial charge in [0.1, 0.15) is 0 Å². The molecule has 1 saturated heterocycles. The van der Waals surface area contributed by atoms with Crippen molar-refractivity contribution in [3.8, 4) is 0 Å². The van der Waals surface area contributed by atoms with Crippen molar-refractivity contribution in [2.45, 2.75) is 12.8 Å². The Labute approximate surface area is 84.5 Å². The van der Waals surface area contributed by atoms with E-state index in [0.717, 1.165) is 13.2 Å². The molecule has 14 heavy (non-hydrogen) atoms. The summed E-state index contributed by atoms with van der Waals surface area (Å²) < 4.78 is 5.15. The molecule has 76 valence electrons. The van der Waals surface area contributed by atoms with Crippen LogP contribution < -0.4 is 0 Å². The van der Waals surface area contributed by atoms with Gasteiger partial charge in [-0.3, -0.25) is 0 Å². The highest BCUT2D eigenvalue weighted by Crippen LogP contribution is 2.29. The van der Waals surface area contributed by atoms with Crippen LogP contribution in [0.15, 0.2) is 24.3 Å². The van der Waals surface area contributed by atoms with E-state index in [4.69, 9.17) is 4.74 Å². The van der Waals surface area contributed by atoms with E-state index in [-0.39, 0.29) is 12.5 Å². The minimum Gasteiger partial charge on any atom is -0.396 e. The molecule has 0 aliphatic carbocycles. The van der Waals surface area contributed by atoms with Crippen LogP contribution in [0.4, 0.5) is 0 Å². The Hall–Kier alpha value is -0.860.